The molecule has 4 heterocycles. The van der Waals surface area contributed by atoms with Crippen LogP contribution >= 0.6 is 0 Å². The number of imidazole rings is 1. The average molecular weight is 350 g/mol. The van der Waals surface area contributed by atoms with Crippen molar-refractivity contribution >= 4 is 23.1 Å². The van der Waals surface area contributed by atoms with Crippen LogP contribution < -0.4 is 10.6 Å². The van der Waals surface area contributed by atoms with Gasteiger partial charge in [-0.2, -0.15) is 14.6 Å². The minimum atomic E-state index is -0.204. The fourth-order valence-corrected chi connectivity index (χ4v) is 2.73. The first kappa shape index (κ1) is 16.0. The molecule has 0 fully saturated rings. The van der Waals surface area contributed by atoms with Crippen LogP contribution in [0.15, 0.2) is 36.9 Å². The minimum absolute atomic E-state index is 0.204. The van der Waals surface area contributed by atoms with Gasteiger partial charge in [0, 0.05) is 37.2 Å². The van der Waals surface area contributed by atoms with Crippen molar-refractivity contribution in [1.29, 1.82) is 0 Å². The van der Waals surface area contributed by atoms with Crippen molar-refractivity contribution in [3.8, 4) is 0 Å². The smallest absolute Gasteiger partial charge is 0.271 e. The lowest BCUT2D eigenvalue weighted by Gasteiger charge is -2.09. The van der Waals surface area contributed by atoms with Crippen molar-refractivity contribution in [3.63, 3.8) is 0 Å². The highest BCUT2D eigenvalue weighted by Crippen LogP contribution is 2.09. The van der Waals surface area contributed by atoms with Crippen LogP contribution in [0.3, 0.4) is 0 Å². The number of nitrogens with one attached hydrogen (secondary N) is 2. The summed E-state index contributed by atoms with van der Waals surface area (Å²) in [5.41, 5.74) is 3.10. The van der Waals surface area contributed by atoms with E-state index < -0.39 is 0 Å². The molecule has 4 rings (SSSR count). The average Bonchev–Trinajstić information content (AvgIpc) is 3.24. The molecule has 0 saturated carbocycles. The maximum Gasteiger partial charge on any atom is 0.271 e. The first-order valence-corrected chi connectivity index (χ1v) is 8.25. The van der Waals surface area contributed by atoms with Gasteiger partial charge in [-0.05, 0) is 25.5 Å². The van der Waals surface area contributed by atoms with E-state index in [9.17, 15) is 4.79 Å². The monoisotopic (exact) mass is 350 g/mol. The maximum absolute atomic E-state index is 12.3. The Morgan fingerprint density at radius 1 is 1.15 bits per heavy atom. The molecule has 0 aliphatic heterocycles. The fourth-order valence-electron chi connectivity index (χ4n) is 2.73. The molecule has 132 valence electrons. The highest BCUT2D eigenvalue weighted by atomic mass is 16.1. The van der Waals surface area contributed by atoms with Gasteiger partial charge in [0.15, 0.2) is 0 Å². The SMILES string of the molecule is Cc1ccc2nc(C(=O)NCCNc3cc(C)nc4ncnn34)cn2c1. The van der Waals surface area contributed by atoms with E-state index in [1.54, 1.807) is 10.7 Å². The van der Waals surface area contributed by atoms with E-state index in [1.165, 1.54) is 6.33 Å². The minimum Gasteiger partial charge on any atom is -0.368 e. The largest absolute Gasteiger partial charge is 0.368 e. The van der Waals surface area contributed by atoms with E-state index >= 15 is 0 Å². The van der Waals surface area contributed by atoms with Crippen LogP contribution in [-0.2, 0) is 0 Å². The fraction of sp³-hybridized carbons (Fsp3) is 0.235. The number of aromatic nitrogens is 6. The molecule has 1 amide bonds. The Kier molecular flexibility index (Phi) is 3.96. The molecule has 0 aliphatic carbocycles. The normalized spacial score (nSPS) is 11.2. The van der Waals surface area contributed by atoms with Gasteiger partial charge in [-0.1, -0.05) is 6.07 Å². The molecule has 4 aromatic heterocycles. The highest BCUT2D eigenvalue weighted by molar-refractivity contribution is 5.92. The van der Waals surface area contributed by atoms with E-state index in [0.717, 1.165) is 22.7 Å². The molecule has 4 aromatic rings. The molecule has 0 aromatic carbocycles. The third-order valence-electron chi connectivity index (χ3n) is 3.93. The number of nitrogens with zero attached hydrogens (tertiary/aromatic N) is 6. The van der Waals surface area contributed by atoms with Gasteiger partial charge in [0.1, 0.15) is 23.5 Å². The number of aryl methyl sites for hydroxylation is 2. The summed E-state index contributed by atoms with van der Waals surface area (Å²) in [7, 11) is 0. The van der Waals surface area contributed by atoms with Gasteiger partial charge in [-0.3, -0.25) is 4.79 Å². The van der Waals surface area contributed by atoms with E-state index in [0.29, 0.717) is 24.6 Å². The van der Waals surface area contributed by atoms with E-state index in [4.69, 9.17) is 0 Å². The summed E-state index contributed by atoms with van der Waals surface area (Å²) < 4.78 is 3.48. The van der Waals surface area contributed by atoms with E-state index in [1.807, 2.05) is 42.6 Å². The standard InChI is InChI=1S/C17H18N8O/c1-11-3-4-14-23-13(9-24(14)8-11)16(26)19-6-5-18-15-7-12(2)22-17-20-10-21-25(15)17/h3-4,7-10,18H,5-6H2,1-2H3,(H,19,26). The number of fused-ring (bicyclic) bond motifs is 2. The molecule has 9 nitrogen and oxygen atoms in total. The van der Waals surface area contributed by atoms with Crippen molar-refractivity contribution in [2.24, 2.45) is 0 Å². The Labute approximate surface area is 149 Å². The van der Waals surface area contributed by atoms with Crippen molar-refractivity contribution in [3.05, 3.63) is 53.9 Å². The maximum atomic E-state index is 12.3. The Morgan fingerprint density at radius 2 is 2.04 bits per heavy atom. The topological polar surface area (TPSA) is 102 Å². The van der Waals surface area contributed by atoms with Gasteiger partial charge in [0.2, 0.25) is 0 Å². The van der Waals surface area contributed by atoms with Crippen LogP contribution in [0.25, 0.3) is 11.4 Å². The van der Waals surface area contributed by atoms with E-state index in [-0.39, 0.29) is 5.91 Å². The van der Waals surface area contributed by atoms with Gasteiger partial charge in [0.25, 0.3) is 11.7 Å². The number of anilines is 1. The van der Waals surface area contributed by atoms with Gasteiger partial charge < -0.3 is 15.0 Å². The Balaban J connectivity index is 1.37. The molecule has 26 heavy (non-hydrogen) atoms. The van der Waals surface area contributed by atoms with Gasteiger partial charge in [-0.15, -0.1) is 0 Å². The molecule has 0 unspecified atom stereocenters. The van der Waals surface area contributed by atoms with Crippen molar-refractivity contribution in [1.82, 2.24) is 34.3 Å². The summed E-state index contributed by atoms with van der Waals surface area (Å²) in [6.45, 7) is 4.88. The summed E-state index contributed by atoms with van der Waals surface area (Å²) >= 11 is 0. The Morgan fingerprint density at radius 3 is 2.92 bits per heavy atom. The summed E-state index contributed by atoms with van der Waals surface area (Å²) in [5, 5.41) is 10.2. The second-order valence-electron chi connectivity index (χ2n) is 6.04. The second-order valence-corrected chi connectivity index (χ2v) is 6.04. The lowest BCUT2D eigenvalue weighted by molar-refractivity contribution is 0.0951. The lowest BCUT2D eigenvalue weighted by atomic mass is 10.3. The summed E-state index contributed by atoms with van der Waals surface area (Å²) in [6.07, 6.45) is 5.13. The third-order valence-corrected chi connectivity index (χ3v) is 3.93. The number of hydrogen-bond donors (Lipinski definition) is 2. The number of hydrogen-bond acceptors (Lipinski definition) is 6. The molecule has 0 aliphatic rings. The molecule has 0 radical (unpaired) electrons. The summed E-state index contributed by atoms with van der Waals surface area (Å²) in [5.74, 6) is 1.11. The summed E-state index contributed by atoms with van der Waals surface area (Å²) in [4.78, 5) is 25.0. The van der Waals surface area contributed by atoms with Crippen LogP contribution in [-0.4, -0.2) is 48.0 Å². The first-order chi connectivity index (χ1) is 12.6. The van der Waals surface area contributed by atoms with Gasteiger partial charge >= 0.3 is 0 Å². The number of carbonyl (C=O) groups excluding carboxylic acids is 1. The zero-order valence-electron chi connectivity index (χ0n) is 14.5. The van der Waals surface area contributed by atoms with Crippen molar-refractivity contribution in [2.45, 2.75) is 13.8 Å². The number of carbonyl (C=O) groups is 1. The molecular formula is C17H18N8O. The zero-order valence-corrected chi connectivity index (χ0v) is 14.5. The molecular weight excluding hydrogens is 332 g/mol. The molecule has 0 atom stereocenters. The number of amides is 1. The Hall–Kier alpha value is -3.49. The zero-order chi connectivity index (χ0) is 18.1. The lowest BCUT2D eigenvalue weighted by Crippen LogP contribution is -2.29. The van der Waals surface area contributed by atoms with Gasteiger partial charge in [-0.25, -0.2) is 9.97 Å². The first-order valence-electron chi connectivity index (χ1n) is 8.25. The van der Waals surface area contributed by atoms with Crippen LogP contribution in [0.5, 0.6) is 0 Å². The van der Waals surface area contributed by atoms with Crippen molar-refractivity contribution < 1.29 is 4.79 Å². The van der Waals surface area contributed by atoms with Crippen LogP contribution in [0.1, 0.15) is 21.7 Å². The molecule has 2 N–H and O–H groups in total. The highest BCUT2D eigenvalue weighted by Gasteiger charge is 2.10. The second kappa shape index (κ2) is 6.43. The molecule has 0 bridgehead atoms. The van der Waals surface area contributed by atoms with E-state index in [2.05, 4.69) is 30.7 Å². The molecule has 0 saturated heterocycles. The quantitative estimate of drug-likeness (QED) is 0.525. The van der Waals surface area contributed by atoms with Crippen LogP contribution in [0.4, 0.5) is 5.82 Å². The van der Waals surface area contributed by atoms with Gasteiger partial charge in [0.05, 0.1) is 0 Å². The molecule has 9 heteroatoms. The van der Waals surface area contributed by atoms with Crippen molar-refractivity contribution in [2.75, 3.05) is 18.4 Å². The molecule has 0 spiro atoms. The summed E-state index contributed by atoms with van der Waals surface area (Å²) in [6, 6.07) is 5.74. The third kappa shape index (κ3) is 3.06. The predicted octanol–water partition coefficient (Wildman–Crippen LogP) is 1.23. The van der Waals surface area contributed by atoms with Crippen LogP contribution in [0, 0.1) is 13.8 Å². The van der Waals surface area contributed by atoms with Crippen LogP contribution in [0.2, 0.25) is 0 Å². The Bertz CT molecular complexity index is 1100. The number of pyridine rings is 1. The predicted molar refractivity (Wildman–Crippen MR) is 96.3 cm³/mol. The number of rotatable bonds is 5.